The van der Waals surface area contributed by atoms with Crippen LogP contribution in [-0.4, -0.2) is 18.3 Å². The molecule has 0 bridgehead atoms. The first-order valence-corrected chi connectivity index (χ1v) is 5.03. The number of rotatable bonds is 4. The molecule has 78 valence electrons. The third kappa shape index (κ3) is 3.20. The van der Waals surface area contributed by atoms with Crippen LogP contribution in [0.4, 0.5) is 0 Å². The Balaban J connectivity index is 2.66. The number of alkyl halides is 1. The Morgan fingerprint density at radius 1 is 1.36 bits per heavy atom. The van der Waals surface area contributed by atoms with Crippen molar-refractivity contribution in [2.45, 2.75) is 24.8 Å². The Bertz CT molecular complexity index is 269. The number of hydrogen-bond donors (Lipinski definition) is 1. The number of aliphatic hydroxyl groups excluding tert-OH is 1. The minimum Gasteiger partial charge on any atom is -0.497 e. The SMILES string of the molecule is COc1ccc(C(Cl)CC(C)O)cc1. The minimum absolute atomic E-state index is 0.138. The number of halogens is 1. The van der Waals surface area contributed by atoms with E-state index >= 15 is 0 Å². The maximum Gasteiger partial charge on any atom is 0.118 e. The molecule has 14 heavy (non-hydrogen) atoms. The lowest BCUT2D eigenvalue weighted by Crippen LogP contribution is -2.04. The summed E-state index contributed by atoms with van der Waals surface area (Å²) in [6, 6.07) is 7.57. The standard InChI is InChI=1S/C11H15ClO2/c1-8(13)7-11(12)9-3-5-10(14-2)6-4-9/h3-6,8,11,13H,7H2,1-2H3. The summed E-state index contributed by atoms with van der Waals surface area (Å²) in [6.07, 6.45) is 0.188. The highest BCUT2D eigenvalue weighted by molar-refractivity contribution is 6.20. The van der Waals surface area contributed by atoms with Crippen LogP contribution in [0.15, 0.2) is 24.3 Å². The number of hydrogen-bond acceptors (Lipinski definition) is 2. The summed E-state index contributed by atoms with van der Waals surface area (Å²) in [6.45, 7) is 1.74. The van der Waals surface area contributed by atoms with Crippen molar-refractivity contribution in [1.29, 1.82) is 0 Å². The predicted octanol–water partition coefficient (Wildman–Crippen LogP) is 2.75. The largest absolute Gasteiger partial charge is 0.497 e. The van der Waals surface area contributed by atoms with Gasteiger partial charge < -0.3 is 9.84 Å². The average molecular weight is 215 g/mol. The van der Waals surface area contributed by atoms with E-state index in [-0.39, 0.29) is 11.5 Å². The summed E-state index contributed by atoms with van der Waals surface area (Å²) in [5, 5.41) is 9.04. The van der Waals surface area contributed by atoms with E-state index in [1.807, 2.05) is 24.3 Å². The van der Waals surface area contributed by atoms with E-state index in [1.165, 1.54) is 0 Å². The van der Waals surface area contributed by atoms with Gasteiger partial charge in [0.05, 0.1) is 18.6 Å². The van der Waals surface area contributed by atoms with Crippen molar-refractivity contribution in [2.24, 2.45) is 0 Å². The molecule has 2 atom stereocenters. The predicted molar refractivity (Wildman–Crippen MR) is 57.9 cm³/mol. The fourth-order valence-electron chi connectivity index (χ4n) is 1.25. The van der Waals surface area contributed by atoms with E-state index in [0.29, 0.717) is 6.42 Å². The zero-order valence-corrected chi connectivity index (χ0v) is 9.16. The van der Waals surface area contributed by atoms with Gasteiger partial charge in [-0.05, 0) is 31.0 Å². The molecule has 0 aromatic heterocycles. The smallest absolute Gasteiger partial charge is 0.118 e. The van der Waals surface area contributed by atoms with Crippen LogP contribution >= 0.6 is 11.6 Å². The van der Waals surface area contributed by atoms with Gasteiger partial charge in [-0.2, -0.15) is 0 Å². The summed E-state index contributed by atoms with van der Waals surface area (Å²) >= 11 is 6.10. The monoisotopic (exact) mass is 214 g/mol. The molecule has 0 amide bonds. The van der Waals surface area contributed by atoms with E-state index in [4.69, 9.17) is 16.3 Å². The Hall–Kier alpha value is -0.730. The Morgan fingerprint density at radius 2 is 1.93 bits per heavy atom. The molecule has 1 aromatic rings. The first kappa shape index (κ1) is 11.3. The van der Waals surface area contributed by atoms with Gasteiger partial charge in [-0.15, -0.1) is 11.6 Å². The summed E-state index contributed by atoms with van der Waals surface area (Å²) < 4.78 is 5.04. The molecule has 2 unspecified atom stereocenters. The summed E-state index contributed by atoms with van der Waals surface area (Å²) in [4.78, 5) is 0. The van der Waals surface area contributed by atoms with E-state index in [1.54, 1.807) is 14.0 Å². The molecule has 0 saturated heterocycles. The molecule has 0 fully saturated rings. The van der Waals surface area contributed by atoms with Crippen molar-refractivity contribution in [3.8, 4) is 5.75 Å². The first-order valence-electron chi connectivity index (χ1n) is 4.59. The van der Waals surface area contributed by atoms with E-state index in [2.05, 4.69) is 0 Å². The lowest BCUT2D eigenvalue weighted by Gasteiger charge is -2.11. The van der Waals surface area contributed by atoms with Crippen molar-refractivity contribution in [3.63, 3.8) is 0 Å². The van der Waals surface area contributed by atoms with Crippen LogP contribution in [0.25, 0.3) is 0 Å². The van der Waals surface area contributed by atoms with Gasteiger partial charge in [0, 0.05) is 0 Å². The quantitative estimate of drug-likeness (QED) is 0.781. The third-order valence-electron chi connectivity index (χ3n) is 2.03. The molecule has 0 aliphatic carbocycles. The zero-order valence-electron chi connectivity index (χ0n) is 8.40. The molecule has 0 heterocycles. The second kappa shape index (κ2) is 5.23. The second-order valence-corrected chi connectivity index (χ2v) is 3.85. The van der Waals surface area contributed by atoms with Crippen LogP contribution in [0.5, 0.6) is 5.75 Å². The van der Waals surface area contributed by atoms with E-state index in [0.717, 1.165) is 11.3 Å². The van der Waals surface area contributed by atoms with E-state index in [9.17, 15) is 5.11 Å². The third-order valence-corrected chi connectivity index (χ3v) is 2.46. The van der Waals surface area contributed by atoms with Crippen molar-refractivity contribution in [2.75, 3.05) is 7.11 Å². The minimum atomic E-state index is -0.375. The van der Waals surface area contributed by atoms with Crippen LogP contribution in [0.1, 0.15) is 24.3 Å². The Morgan fingerprint density at radius 3 is 2.36 bits per heavy atom. The number of aliphatic hydroxyl groups is 1. The molecule has 0 spiro atoms. The lowest BCUT2D eigenvalue weighted by atomic mass is 10.1. The van der Waals surface area contributed by atoms with Crippen molar-refractivity contribution in [3.05, 3.63) is 29.8 Å². The van der Waals surface area contributed by atoms with Gasteiger partial charge in [-0.25, -0.2) is 0 Å². The van der Waals surface area contributed by atoms with Crippen LogP contribution in [-0.2, 0) is 0 Å². The molecule has 3 heteroatoms. The Kier molecular flexibility index (Phi) is 4.23. The Labute approximate surface area is 89.5 Å². The number of ether oxygens (including phenoxy) is 1. The van der Waals surface area contributed by atoms with Gasteiger partial charge >= 0.3 is 0 Å². The fourth-order valence-corrected chi connectivity index (χ4v) is 1.65. The maximum atomic E-state index is 9.18. The molecule has 0 aliphatic rings. The fraction of sp³-hybridized carbons (Fsp3) is 0.455. The van der Waals surface area contributed by atoms with E-state index < -0.39 is 0 Å². The summed E-state index contributed by atoms with van der Waals surface area (Å²) in [5.41, 5.74) is 1.01. The maximum absolute atomic E-state index is 9.18. The van der Waals surface area contributed by atoms with Crippen molar-refractivity contribution in [1.82, 2.24) is 0 Å². The highest BCUT2D eigenvalue weighted by Crippen LogP contribution is 2.26. The van der Waals surface area contributed by atoms with Crippen LogP contribution < -0.4 is 4.74 Å². The highest BCUT2D eigenvalue weighted by atomic mass is 35.5. The molecule has 1 N–H and O–H groups in total. The van der Waals surface area contributed by atoms with Crippen LogP contribution in [0.2, 0.25) is 0 Å². The van der Waals surface area contributed by atoms with Crippen LogP contribution in [0.3, 0.4) is 0 Å². The molecular weight excluding hydrogens is 200 g/mol. The van der Waals surface area contributed by atoms with Gasteiger partial charge in [0.25, 0.3) is 0 Å². The molecule has 1 aromatic carbocycles. The van der Waals surface area contributed by atoms with Gasteiger partial charge in [0.1, 0.15) is 5.75 Å². The van der Waals surface area contributed by atoms with Gasteiger partial charge in [0.15, 0.2) is 0 Å². The van der Waals surface area contributed by atoms with Gasteiger partial charge in [0.2, 0.25) is 0 Å². The normalized spacial score (nSPS) is 14.9. The summed E-state index contributed by atoms with van der Waals surface area (Å²) in [5.74, 6) is 0.815. The number of methoxy groups -OCH3 is 1. The second-order valence-electron chi connectivity index (χ2n) is 3.33. The van der Waals surface area contributed by atoms with Crippen LogP contribution in [0, 0.1) is 0 Å². The molecule has 2 nitrogen and oxygen atoms in total. The lowest BCUT2D eigenvalue weighted by molar-refractivity contribution is 0.183. The molecule has 0 saturated carbocycles. The zero-order chi connectivity index (χ0) is 10.6. The first-order chi connectivity index (χ1) is 6.63. The molecule has 1 rings (SSSR count). The average Bonchev–Trinajstić information content (AvgIpc) is 2.17. The van der Waals surface area contributed by atoms with Crippen molar-refractivity contribution < 1.29 is 9.84 Å². The topological polar surface area (TPSA) is 29.5 Å². The summed E-state index contributed by atoms with van der Waals surface area (Å²) in [7, 11) is 1.63. The highest BCUT2D eigenvalue weighted by Gasteiger charge is 2.10. The number of benzene rings is 1. The molecular formula is C11H15ClO2. The van der Waals surface area contributed by atoms with Gasteiger partial charge in [-0.3, -0.25) is 0 Å². The molecule has 0 radical (unpaired) electrons. The molecule has 0 aliphatic heterocycles. The van der Waals surface area contributed by atoms with Gasteiger partial charge in [-0.1, -0.05) is 12.1 Å². The van der Waals surface area contributed by atoms with Crippen molar-refractivity contribution >= 4 is 11.6 Å².